The molecule has 1 aliphatic rings. The average Bonchev–Trinajstić information content (AvgIpc) is 2.53. The quantitative estimate of drug-likeness (QED) is 0.698. The van der Waals surface area contributed by atoms with Crippen LogP contribution in [-0.4, -0.2) is 49.2 Å². The lowest BCUT2D eigenvalue weighted by atomic mass is 10.1. The smallest absolute Gasteiger partial charge is 0.303 e. The fourth-order valence-electron chi connectivity index (χ4n) is 2.34. The number of hydrogen-bond donors (Lipinski definition) is 3. The van der Waals surface area contributed by atoms with E-state index in [1.54, 1.807) is 12.1 Å². The molecular formula is C15H19N3O5. The van der Waals surface area contributed by atoms with E-state index >= 15 is 0 Å². The summed E-state index contributed by atoms with van der Waals surface area (Å²) >= 11 is 0. The van der Waals surface area contributed by atoms with Crippen molar-refractivity contribution in [2.75, 3.05) is 36.5 Å². The minimum absolute atomic E-state index is 0.132. The number of nitrogens with zero attached hydrogens (tertiary/aromatic N) is 1. The van der Waals surface area contributed by atoms with Gasteiger partial charge < -0.3 is 25.8 Å². The van der Waals surface area contributed by atoms with Crippen molar-refractivity contribution in [1.29, 1.82) is 0 Å². The van der Waals surface area contributed by atoms with Crippen LogP contribution in [0.15, 0.2) is 18.2 Å². The predicted molar refractivity (Wildman–Crippen MR) is 83.5 cm³/mol. The van der Waals surface area contributed by atoms with Gasteiger partial charge in [0.25, 0.3) is 5.91 Å². The van der Waals surface area contributed by atoms with Crippen LogP contribution in [0.25, 0.3) is 0 Å². The van der Waals surface area contributed by atoms with Gasteiger partial charge in [0.1, 0.15) is 0 Å². The summed E-state index contributed by atoms with van der Waals surface area (Å²) in [5.41, 5.74) is 6.85. The molecule has 1 fully saturated rings. The highest BCUT2D eigenvalue weighted by atomic mass is 16.5. The molecule has 8 nitrogen and oxygen atoms in total. The van der Waals surface area contributed by atoms with Crippen LogP contribution in [0.1, 0.15) is 23.2 Å². The highest BCUT2D eigenvalue weighted by Crippen LogP contribution is 2.25. The van der Waals surface area contributed by atoms with Crippen LogP contribution in [0, 0.1) is 0 Å². The highest BCUT2D eigenvalue weighted by molar-refractivity contribution is 6.01. The Morgan fingerprint density at radius 1 is 1.22 bits per heavy atom. The zero-order valence-corrected chi connectivity index (χ0v) is 12.6. The summed E-state index contributed by atoms with van der Waals surface area (Å²) in [5, 5.41) is 11.1. The van der Waals surface area contributed by atoms with E-state index in [1.165, 1.54) is 6.07 Å². The molecule has 1 aromatic rings. The Hall–Kier alpha value is -2.61. The van der Waals surface area contributed by atoms with E-state index in [0.29, 0.717) is 43.2 Å². The van der Waals surface area contributed by atoms with E-state index in [9.17, 15) is 14.4 Å². The fraction of sp³-hybridized carbons (Fsp3) is 0.400. The first-order valence-corrected chi connectivity index (χ1v) is 7.25. The van der Waals surface area contributed by atoms with Crippen molar-refractivity contribution in [3.63, 3.8) is 0 Å². The second kappa shape index (κ2) is 7.59. The maximum atomic E-state index is 11.7. The number of carbonyl (C=O) groups excluding carboxylic acids is 2. The fourth-order valence-corrected chi connectivity index (χ4v) is 2.34. The number of hydrogen-bond acceptors (Lipinski definition) is 5. The van der Waals surface area contributed by atoms with Gasteiger partial charge >= 0.3 is 5.97 Å². The lowest BCUT2D eigenvalue weighted by molar-refractivity contribution is -0.138. The Bertz CT molecular complexity index is 611. The van der Waals surface area contributed by atoms with E-state index in [4.69, 9.17) is 15.6 Å². The molecule has 1 aromatic carbocycles. The van der Waals surface area contributed by atoms with E-state index in [1.807, 2.05) is 4.90 Å². The molecule has 0 saturated carbocycles. The largest absolute Gasteiger partial charge is 0.481 e. The molecule has 0 unspecified atom stereocenters. The molecule has 0 spiro atoms. The molecule has 2 rings (SSSR count). The highest BCUT2D eigenvalue weighted by Gasteiger charge is 2.18. The van der Waals surface area contributed by atoms with Crippen molar-refractivity contribution < 1.29 is 24.2 Å². The molecule has 2 amide bonds. The van der Waals surface area contributed by atoms with Crippen molar-refractivity contribution in [3.05, 3.63) is 23.8 Å². The number of primary amides is 1. The Balaban J connectivity index is 2.13. The summed E-state index contributed by atoms with van der Waals surface area (Å²) in [6.45, 7) is 2.47. The van der Waals surface area contributed by atoms with Crippen molar-refractivity contribution in [2.24, 2.45) is 5.73 Å². The summed E-state index contributed by atoms with van der Waals surface area (Å²) in [5.74, 6) is -2.06. The minimum Gasteiger partial charge on any atom is -0.481 e. The Kier molecular flexibility index (Phi) is 5.53. The van der Waals surface area contributed by atoms with Gasteiger partial charge in [0.15, 0.2) is 0 Å². The summed E-state index contributed by atoms with van der Waals surface area (Å²) < 4.78 is 5.28. The van der Waals surface area contributed by atoms with Crippen LogP contribution in [0.3, 0.4) is 0 Å². The first-order chi connectivity index (χ1) is 11.0. The molecule has 0 atom stereocenters. The molecule has 23 heavy (non-hydrogen) atoms. The predicted octanol–water partition coefficient (Wildman–Crippen LogP) is 0.425. The molecule has 4 N–H and O–H groups in total. The van der Waals surface area contributed by atoms with Gasteiger partial charge in [0, 0.05) is 30.9 Å². The zero-order chi connectivity index (χ0) is 16.8. The van der Waals surface area contributed by atoms with Gasteiger partial charge in [-0.15, -0.1) is 0 Å². The van der Waals surface area contributed by atoms with Crippen LogP contribution in [0.4, 0.5) is 11.4 Å². The summed E-state index contributed by atoms with van der Waals surface area (Å²) in [6.07, 6.45) is -0.382. The average molecular weight is 321 g/mol. The van der Waals surface area contributed by atoms with Gasteiger partial charge in [-0.25, -0.2) is 0 Å². The number of amides is 2. The number of rotatable bonds is 6. The third-order valence-electron chi connectivity index (χ3n) is 3.46. The zero-order valence-electron chi connectivity index (χ0n) is 12.6. The van der Waals surface area contributed by atoms with Gasteiger partial charge in [0.2, 0.25) is 5.91 Å². The first-order valence-electron chi connectivity index (χ1n) is 7.25. The molecule has 0 aliphatic carbocycles. The van der Waals surface area contributed by atoms with Crippen LogP contribution < -0.4 is 16.0 Å². The third kappa shape index (κ3) is 4.68. The van der Waals surface area contributed by atoms with Crippen LogP contribution >= 0.6 is 0 Å². The second-order valence-corrected chi connectivity index (χ2v) is 5.14. The molecule has 0 radical (unpaired) electrons. The van der Waals surface area contributed by atoms with Gasteiger partial charge in [-0.3, -0.25) is 14.4 Å². The number of nitrogens with one attached hydrogen (secondary N) is 1. The van der Waals surface area contributed by atoms with E-state index in [0.717, 1.165) is 0 Å². The van der Waals surface area contributed by atoms with E-state index in [-0.39, 0.29) is 12.8 Å². The maximum Gasteiger partial charge on any atom is 0.303 e. The Labute approximate surface area is 133 Å². The van der Waals surface area contributed by atoms with Crippen molar-refractivity contribution >= 4 is 29.2 Å². The van der Waals surface area contributed by atoms with Crippen molar-refractivity contribution in [1.82, 2.24) is 0 Å². The third-order valence-corrected chi connectivity index (χ3v) is 3.46. The Morgan fingerprint density at radius 2 is 1.91 bits per heavy atom. The maximum absolute atomic E-state index is 11.7. The molecular weight excluding hydrogens is 302 g/mol. The molecule has 1 saturated heterocycles. The molecule has 8 heteroatoms. The standard InChI is InChI=1S/C15H19N3O5/c16-15(22)11-9-10(17-13(19)3-4-14(20)21)1-2-12(11)18-5-7-23-8-6-18/h1-2,9H,3-8H2,(H2,16,22)(H,17,19)(H,20,21). The van der Waals surface area contributed by atoms with Crippen LogP contribution in [0.5, 0.6) is 0 Å². The number of morpholine rings is 1. The second-order valence-electron chi connectivity index (χ2n) is 5.14. The number of anilines is 2. The molecule has 1 heterocycles. The summed E-state index contributed by atoms with van der Waals surface area (Å²) in [4.78, 5) is 35.8. The number of carbonyl (C=O) groups is 3. The number of aliphatic carboxylic acids is 1. The van der Waals surface area contributed by atoms with Crippen molar-refractivity contribution in [2.45, 2.75) is 12.8 Å². The van der Waals surface area contributed by atoms with Gasteiger partial charge in [-0.2, -0.15) is 0 Å². The topological polar surface area (TPSA) is 122 Å². The lowest BCUT2D eigenvalue weighted by Gasteiger charge is -2.30. The summed E-state index contributed by atoms with van der Waals surface area (Å²) in [7, 11) is 0. The number of benzene rings is 1. The van der Waals surface area contributed by atoms with Crippen molar-refractivity contribution in [3.8, 4) is 0 Å². The number of nitrogens with two attached hydrogens (primary N) is 1. The van der Waals surface area contributed by atoms with Gasteiger partial charge in [-0.1, -0.05) is 0 Å². The minimum atomic E-state index is -1.04. The normalized spacial score (nSPS) is 14.3. The van der Waals surface area contributed by atoms with Gasteiger partial charge in [-0.05, 0) is 18.2 Å². The number of carboxylic acids is 1. The summed E-state index contributed by atoms with van der Waals surface area (Å²) in [6, 6.07) is 4.89. The van der Waals surface area contributed by atoms with Gasteiger partial charge in [0.05, 0.1) is 25.2 Å². The Morgan fingerprint density at radius 3 is 2.52 bits per heavy atom. The van der Waals surface area contributed by atoms with E-state index in [2.05, 4.69) is 5.32 Å². The monoisotopic (exact) mass is 321 g/mol. The van der Waals surface area contributed by atoms with E-state index < -0.39 is 17.8 Å². The molecule has 124 valence electrons. The number of ether oxygens (including phenoxy) is 1. The first kappa shape index (κ1) is 16.8. The SMILES string of the molecule is NC(=O)c1cc(NC(=O)CCC(=O)O)ccc1N1CCOCC1. The molecule has 1 aliphatic heterocycles. The lowest BCUT2D eigenvalue weighted by Crippen LogP contribution is -2.37. The number of carboxylic acid groups (broad SMARTS) is 1. The van der Waals surface area contributed by atoms with Crippen LogP contribution in [-0.2, 0) is 14.3 Å². The molecule has 0 bridgehead atoms. The van der Waals surface area contributed by atoms with Crippen LogP contribution in [0.2, 0.25) is 0 Å². The molecule has 0 aromatic heterocycles.